The molecule has 0 unspecified atom stereocenters. The molecule has 0 amide bonds. The number of thioether (sulfide) groups is 1. The molecule has 0 aromatic carbocycles. The van der Waals surface area contributed by atoms with Crippen LogP contribution in [-0.4, -0.2) is 22.2 Å². The van der Waals surface area contributed by atoms with Crippen molar-refractivity contribution in [1.82, 2.24) is 0 Å². The molecule has 18 heavy (non-hydrogen) atoms. The summed E-state index contributed by atoms with van der Waals surface area (Å²) < 4.78 is 10.1. The number of carbonyl (C=O) groups is 2. The Balaban J connectivity index is 1.97. The summed E-state index contributed by atoms with van der Waals surface area (Å²) >= 11 is 1.22. The molecule has 0 saturated carbocycles. The van der Waals surface area contributed by atoms with Crippen molar-refractivity contribution < 1.29 is 28.6 Å². The van der Waals surface area contributed by atoms with E-state index in [2.05, 4.69) is 0 Å². The Morgan fingerprint density at radius 3 is 2.17 bits per heavy atom. The van der Waals surface area contributed by atoms with E-state index in [0.717, 1.165) is 0 Å². The third-order valence-electron chi connectivity index (χ3n) is 2.02. The normalized spacial score (nSPS) is 10.4. The minimum Gasteiger partial charge on any atom is -0.475 e. The molecule has 2 N–H and O–H groups in total. The number of furan rings is 2. The van der Waals surface area contributed by atoms with Crippen molar-refractivity contribution in [1.29, 1.82) is 0 Å². The Morgan fingerprint density at radius 1 is 1.00 bits per heavy atom. The summed E-state index contributed by atoms with van der Waals surface area (Å²) in [6, 6.07) is 5.81. The van der Waals surface area contributed by atoms with Gasteiger partial charge in [-0.2, -0.15) is 0 Å². The average Bonchev–Trinajstić information content (AvgIpc) is 2.95. The van der Waals surface area contributed by atoms with Gasteiger partial charge >= 0.3 is 11.9 Å². The highest BCUT2D eigenvalue weighted by molar-refractivity contribution is 7.98. The quantitative estimate of drug-likeness (QED) is 0.803. The van der Waals surface area contributed by atoms with Crippen molar-refractivity contribution in [3.05, 3.63) is 41.5 Å². The second-order valence-corrected chi connectivity index (χ2v) is 4.26. The highest BCUT2D eigenvalue weighted by Gasteiger charge is 2.12. The first-order chi connectivity index (χ1) is 8.56. The summed E-state index contributed by atoms with van der Waals surface area (Å²) in [6.45, 7) is 0. The van der Waals surface area contributed by atoms with Crippen molar-refractivity contribution in [2.45, 2.75) is 10.8 Å². The second kappa shape index (κ2) is 5.01. The van der Waals surface area contributed by atoms with E-state index < -0.39 is 11.9 Å². The fraction of sp³-hybridized carbons (Fsp3) is 0.0909. The van der Waals surface area contributed by atoms with Crippen molar-refractivity contribution in [3.8, 4) is 0 Å². The van der Waals surface area contributed by atoms with Crippen LogP contribution in [0.1, 0.15) is 26.9 Å². The molecule has 0 saturated heterocycles. The molecule has 7 heteroatoms. The highest BCUT2D eigenvalue weighted by atomic mass is 32.2. The lowest BCUT2D eigenvalue weighted by Crippen LogP contribution is -1.91. The number of carboxylic acid groups (broad SMARTS) is 2. The Bertz CT molecular complexity index is 530. The molecule has 2 rings (SSSR count). The van der Waals surface area contributed by atoms with Crippen molar-refractivity contribution in [2.24, 2.45) is 0 Å². The van der Waals surface area contributed by atoms with Crippen LogP contribution in [0, 0.1) is 0 Å². The van der Waals surface area contributed by atoms with E-state index in [0.29, 0.717) is 16.6 Å². The standard InChI is InChI=1S/C11H8O6S/c12-10(13)7-2-1-6(16-7)5-18-9-4-3-8(17-9)11(14)15/h1-4H,5H2,(H,12,13)(H,14,15). The first kappa shape index (κ1) is 12.3. The summed E-state index contributed by atoms with van der Waals surface area (Å²) in [4.78, 5) is 21.2. The molecule has 0 radical (unpaired) electrons. The van der Waals surface area contributed by atoms with Gasteiger partial charge in [0.05, 0.1) is 5.75 Å². The zero-order valence-electron chi connectivity index (χ0n) is 8.95. The molecule has 6 nitrogen and oxygen atoms in total. The zero-order chi connectivity index (χ0) is 13.1. The van der Waals surface area contributed by atoms with Gasteiger partial charge in [-0.15, -0.1) is 0 Å². The van der Waals surface area contributed by atoms with Gasteiger partial charge in [0.1, 0.15) is 5.76 Å². The first-order valence-corrected chi connectivity index (χ1v) is 5.83. The van der Waals surface area contributed by atoms with E-state index in [1.54, 1.807) is 6.07 Å². The van der Waals surface area contributed by atoms with Gasteiger partial charge in [-0.05, 0) is 24.3 Å². The fourth-order valence-electron chi connectivity index (χ4n) is 1.23. The van der Waals surface area contributed by atoms with Gasteiger partial charge in [-0.25, -0.2) is 9.59 Å². The van der Waals surface area contributed by atoms with Crippen molar-refractivity contribution >= 4 is 23.7 Å². The fourth-order valence-corrected chi connectivity index (χ4v) is 1.98. The Kier molecular flexibility index (Phi) is 3.42. The Hall–Kier alpha value is -2.15. The molecule has 2 heterocycles. The van der Waals surface area contributed by atoms with Gasteiger partial charge in [0.2, 0.25) is 11.5 Å². The smallest absolute Gasteiger partial charge is 0.371 e. The van der Waals surface area contributed by atoms with Gasteiger partial charge < -0.3 is 19.0 Å². The number of hydrogen-bond acceptors (Lipinski definition) is 5. The third-order valence-corrected chi connectivity index (χ3v) is 2.95. The van der Waals surface area contributed by atoms with Gasteiger partial charge in [-0.1, -0.05) is 11.8 Å². The summed E-state index contributed by atoms with van der Waals surface area (Å²) in [6.07, 6.45) is 0. The summed E-state index contributed by atoms with van der Waals surface area (Å²) in [5.41, 5.74) is 0. The molecular weight excluding hydrogens is 260 g/mol. The molecule has 2 aromatic heterocycles. The van der Waals surface area contributed by atoms with Gasteiger partial charge in [0.25, 0.3) is 0 Å². The van der Waals surface area contributed by atoms with Gasteiger partial charge in [0.15, 0.2) is 5.09 Å². The average molecular weight is 268 g/mol. The number of hydrogen-bond donors (Lipinski definition) is 2. The molecule has 0 spiro atoms. The molecule has 0 atom stereocenters. The lowest BCUT2D eigenvalue weighted by molar-refractivity contribution is 0.0648. The monoisotopic (exact) mass is 268 g/mol. The van der Waals surface area contributed by atoms with E-state index in [9.17, 15) is 9.59 Å². The summed E-state index contributed by atoms with van der Waals surface area (Å²) in [7, 11) is 0. The molecule has 94 valence electrons. The van der Waals surface area contributed by atoms with Crippen LogP contribution in [0.3, 0.4) is 0 Å². The van der Waals surface area contributed by atoms with Gasteiger partial charge in [-0.3, -0.25) is 0 Å². The highest BCUT2D eigenvalue weighted by Crippen LogP contribution is 2.25. The Morgan fingerprint density at radius 2 is 1.61 bits per heavy atom. The van der Waals surface area contributed by atoms with Crippen LogP contribution in [0.2, 0.25) is 0 Å². The van der Waals surface area contributed by atoms with Crippen LogP contribution >= 0.6 is 11.8 Å². The van der Waals surface area contributed by atoms with Crippen LogP contribution in [0.25, 0.3) is 0 Å². The van der Waals surface area contributed by atoms with Crippen LogP contribution < -0.4 is 0 Å². The van der Waals surface area contributed by atoms with Crippen molar-refractivity contribution in [3.63, 3.8) is 0 Å². The SMILES string of the molecule is O=C(O)c1ccc(CSc2ccc(C(=O)O)o2)o1. The van der Waals surface area contributed by atoms with E-state index in [1.807, 2.05) is 0 Å². The minimum atomic E-state index is -1.13. The van der Waals surface area contributed by atoms with Crippen LogP contribution in [0.4, 0.5) is 0 Å². The van der Waals surface area contributed by atoms with Crippen molar-refractivity contribution in [2.75, 3.05) is 0 Å². The number of aromatic carboxylic acids is 2. The largest absolute Gasteiger partial charge is 0.475 e. The van der Waals surface area contributed by atoms with Gasteiger partial charge in [0, 0.05) is 0 Å². The maximum atomic E-state index is 10.6. The van der Waals surface area contributed by atoms with Crippen LogP contribution in [0.15, 0.2) is 38.2 Å². The molecule has 0 aliphatic heterocycles. The van der Waals surface area contributed by atoms with Crippen LogP contribution in [-0.2, 0) is 5.75 Å². The molecule has 0 fully saturated rings. The molecule has 0 bridgehead atoms. The first-order valence-electron chi connectivity index (χ1n) is 4.84. The number of carboxylic acids is 2. The minimum absolute atomic E-state index is 0.128. The van der Waals surface area contributed by atoms with E-state index >= 15 is 0 Å². The predicted octanol–water partition coefficient (Wildman–Crippen LogP) is 2.56. The molecular formula is C11H8O6S. The topological polar surface area (TPSA) is 101 Å². The zero-order valence-corrected chi connectivity index (χ0v) is 9.77. The predicted molar refractivity (Wildman–Crippen MR) is 60.9 cm³/mol. The molecule has 2 aromatic rings. The lowest BCUT2D eigenvalue weighted by atomic mass is 10.4. The molecule has 0 aliphatic carbocycles. The summed E-state index contributed by atoms with van der Waals surface area (Å²) in [5.74, 6) is -1.68. The number of rotatable bonds is 5. The van der Waals surface area contributed by atoms with E-state index in [-0.39, 0.29) is 11.5 Å². The van der Waals surface area contributed by atoms with Crippen LogP contribution in [0.5, 0.6) is 0 Å². The molecule has 0 aliphatic rings. The summed E-state index contributed by atoms with van der Waals surface area (Å²) in [5, 5.41) is 17.8. The maximum absolute atomic E-state index is 10.6. The maximum Gasteiger partial charge on any atom is 0.371 e. The Labute approximate surface area is 105 Å². The third kappa shape index (κ3) is 2.75. The van der Waals surface area contributed by atoms with E-state index in [4.69, 9.17) is 19.0 Å². The van der Waals surface area contributed by atoms with E-state index in [1.165, 1.54) is 30.0 Å². The lowest BCUT2D eigenvalue weighted by Gasteiger charge is -1.94. The second-order valence-electron chi connectivity index (χ2n) is 3.28.